The molecule has 2 aromatic carbocycles. The molecule has 1 N–H and O–H groups in total. The summed E-state index contributed by atoms with van der Waals surface area (Å²) in [6, 6.07) is 9.25. The topological polar surface area (TPSA) is 50.8 Å². The maximum atomic E-state index is 12.6. The quantitative estimate of drug-likeness (QED) is 0.763. The van der Waals surface area contributed by atoms with Crippen molar-refractivity contribution < 1.29 is 27.4 Å². The molecule has 0 bridgehead atoms. The molecule has 0 aromatic heterocycles. The predicted molar refractivity (Wildman–Crippen MR) is 101 cm³/mol. The predicted octanol–water partition coefficient (Wildman–Crippen LogP) is 4.18. The molecule has 2 rings (SSSR count). The number of methoxy groups -OCH3 is 2. The summed E-state index contributed by atoms with van der Waals surface area (Å²) in [5.41, 5.74) is 0.419. The zero-order valence-electron chi connectivity index (χ0n) is 16.1. The van der Waals surface area contributed by atoms with Crippen molar-refractivity contribution in [1.82, 2.24) is 4.90 Å². The molecule has 0 radical (unpaired) electrons. The van der Waals surface area contributed by atoms with Gasteiger partial charge in [0.1, 0.15) is 11.5 Å². The lowest BCUT2D eigenvalue weighted by Gasteiger charge is -2.25. The molecule has 0 saturated carbocycles. The van der Waals surface area contributed by atoms with E-state index < -0.39 is 17.8 Å². The van der Waals surface area contributed by atoms with E-state index in [4.69, 9.17) is 9.47 Å². The molecule has 0 saturated heterocycles. The standard InChI is InChI=1S/C20H23F3N2O3/c1-13(19(26)24-16-8-6-15(7-9-16)20(21,22)23)25(2)12-14-5-10-17(27-3)11-18(14)28-4/h5-11,13H,12H2,1-4H3,(H,24,26)/t13-/m0/s1. The van der Waals surface area contributed by atoms with Crippen LogP contribution in [0.15, 0.2) is 42.5 Å². The zero-order chi connectivity index (χ0) is 20.9. The number of likely N-dealkylation sites (N-methyl/N-ethyl adjacent to an activating group) is 1. The molecule has 0 heterocycles. The Balaban J connectivity index is 2.02. The van der Waals surface area contributed by atoms with Crippen LogP contribution in [0, 0.1) is 0 Å². The number of halogens is 3. The normalized spacial score (nSPS) is 12.6. The first kappa shape index (κ1) is 21.6. The van der Waals surface area contributed by atoms with E-state index in [9.17, 15) is 18.0 Å². The van der Waals surface area contributed by atoms with Gasteiger partial charge in [0.05, 0.1) is 25.8 Å². The van der Waals surface area contributed by atoms with Crippen LogP contribution < -0.4 is 14.8 Å². The van der Waals surface area contributed by atoms with Crippen molar-refractivity contribution in [3.8, 4) is 11.5 Å². The summed E-state index contributed by atoms with van der Waals surface area (Å²) in [5, 5.41) is 2.63. The minimum absolute atomic E-state index is 0.306. The van der Waals surface area contributed by atoms with Crippen LogP contribution in [0.4, 0.5) is 18.9 Å². The van der Waals surface area contributed by atoms with Crippen LogP contribution in [0.25, 0.3) is 0 Å². The summed E-state index contributed by atoms with van der Waals surface area (Å²) in [6.07, 6.45) is -4.41. The first-order chi connectivity index (χ1) is 13.2. The Kier molecular flexibility index (Phi) is 6.90. The van der Waals surface area contributed by atoms with Gasteiger partial charge in [-0.25, -0.2) is 0 Å². The summed E-state index contributed by atoms with van der Waals surface area (Å²) in [5.74, 6) is 0.979. The molecule has 0 unspecified atom stereocenters. The molecule has 0 aliphatic carbocycles. The molecule has 0 spiro atoms. The van der Waals surface area contributed by atoms with Gasteiger partial charge >= 0.3 is 6.18 Å². The van der Waals surface area contributed by atoms with E-state index in [1.54, 1.807) is 40.3 Å². The SMILES string of the molecule is COc1ccc(CN(C)[C@@H](C)C(=O)Nc2ccc(C(F)(F)F)cc2)c(OC)c1. The van der Waals surface area contributed by atoms with Crippen molar-refractivity contribution in [2.45, 2.75) is 25.7 Å². The highest BCUT2D eigenvalue weighted by Gasteiger charge is 2.30. The number of benzene rings is 2. The van der Waals surface area contributed by atoms with Gasteiger partial charge in [0.2, 0.25) is 5.91 Å². The molecular weight excluding hydrogens is 373 g/mol. The lowest BCUT2D eigenvalue weighted by Crippen LogP contribution is -2.39. The highest BCUT2D eigenvalue weighted by atomic mass is 19.4. The summed E-state index contributed by atoms with van der Waals surface area (Å²) in [6.45, 7) is 2.16. The van der Waals surface area contributed by atoms with Gasteiger partial charge in [0, 0.05) is 23.9 Å². The van der Waals surface area contributed by atoms with E-state index in [0.29, 0.717) is 23.7 Å². The molecule has 0 fully saturated rings. The van der Waals surface area contributed by atoms with Crippen LogP contribution in [0.2, 0.25) is 0 Å². The Bertz CT molecular complexity index is 807. The number of hydrogen-bond acceptors (Lipinski definition) is 4. The molecule has 8 heteroatoms. The van der Waals surface area contributed by atoms with Crippen LogP contribution in [-0.4, -0.2) is 38.1 Å². The fraction of sp³-hybridized carbons (Fsp3) is 0.350. The van der Waals surface area contributed by atoms with Crippen LogP contribution in [0.1, 0.15) is 18.1 Å². The fourth-order valence-corrected chi connectivity index (χ4v) is 2.58. The second-order valence-corrected chi connectivity index (χ2v) is 6.33. The van der Waals surface area contributed by atoms with Gasteiger partial charge in [-0.15, -0.1) is 0 Å². The second-order valence-electron chi connectivity index (χ2n) is 6.33. The molecule has 0 aliphatic heterocycles. The fourth-order valence-electron chi connectivity index (χ4n) is 2.58. The van der Waals surface area contributed by atoms with Gasteiger partial charge in [-0.05, 0) is 44.3 Å². The number of rotatable bonds is 7. The van der Waals surface area contributed by atoms with E-state index in [-0.39, 0.29) is 5.91 Å². The number of amides is 1. The van der Waals surface area contributed by atoms with Gasteiger partial charge in [-0.3, -0.25) is 9.69 Å². The smallest absolute Gasteiger partial charge is 0.416 e. The summed E-state index contributed by atoms with van der Waals surface area (Å²) in [7, 11) is 4.90. The molecule has 5 nitrogen and oxygen atoms in total. The Labute approximate surface area is 162 Å². The van der Waals surface area contributed by atoms with Crippen LogP contribution in [0.3, 0.4) is 0 Å². The van der Waals surface area contributed by atoms with Crippen molar-refractivity contribution in [2.75, 3.05) is 26.6 Å². The molecule has 1 atom stereocenters. The largest absolute Gasteiger partial charge is 0.497 e. The number of hydrogen-bond donors (Lipinski definition) is 1. The van der Waals surface area contributed by atoms with E-state index in [1.807, 2.05) is 11.0 Å². The maximum Gasteiger partial charge on any atom is 0.416 e. The number of anilines is 1. The highest BCUT2D eigenvalue weighted by Crippen LogP contribution is 2.30. The highest BCUT2D eigenvalue weighted by molar-refractivity contribution is 5.94. The van der Waals surface area contributed by atoms with E-state index in [2.05, 4.69) is 5.32 Å². The van der Waals surface area contributed by atoms with Crippen molar-refractivity contribution >= 4 is 11.6 Å². The van der Waals surface area contributed by atoms with Crippen LogP contribution >= 0.6 is 0 Å². The molecular formula is C20H23F3N2O3. The number of nitrogens with zero attached hydrogens (tertiary/aromatic N) is 1. The molecule has 1 amide bonds. The van der Waals surface area contributed by atoms with Gasteiger partial charge in [-0.1, -0.05) is 6.07 Å². The third-order valence-electron chi connectivity index (χ3n) is 4.43. The van der Waals surface area contributed by atoms with Gasteiger partial charge < -0.3 is 14.8 Å². The average molecular weight is 396 g/mol. The van der Waals surface area contributed by atoms with Gasteiger partial charge in [0.15, 0.2) is 0 Å². The van der Waals surface area contributed by atoms with Crippen molar-refractivity contribution in [3.63, 3.8) is 0 Å². The van der Waals surface area contributed by atoms with Crippen molar-refractivity contribution in [2.24, 2.45) is 0 Å². The first-order valence-electron chi connectivity index (χ1n) is 8.55. The minimum Gasteiger partial charge on any atom is -0.497 e. The zero-order valence-corrected chi connectivity index (χ0v) is 16.1. The lowest BCUT2D eigenvalue weighted by molar-refractivity contribution is -0.137. The number of alkyl halides is 3. The Morgan fingerprint density at radius 3 is 2.29 bits per heavy atom. The monoisotopic (exact) mass is 396 g/mol. The number of ether oxygens (including phenoxy) is 2. The lowest BCUT2D eigenvalue weighted by atomic mass is 10.1. The summed E-state index contributed by atoms with van der Waals surface area (Å²) >= 11 is 0. The molecule has 2 aromatic rings. The third-order valence-corrected chi connectivity index (χ3v) is 4.43. The average Bonchev–Trinajstić information content (AvgIpc) is 2.67. The first-order valence-corrected chi connectivity index (χ1v) is 8.55. The van der Waals surface area contributed by atoms with Gasteiger partial charge in [-0.2, -0.15) is 13.2 Å². The van der Waals surface area contributed by atoms with E-state index in [0.717, 1.165) is 17.7 Å². The van der Waals surface area contributed by atoms with E-state index in [1.165, 1.54) is 12.1 Å². The number of carbonyl (C=O) groups excluding carboxylic acids is 1. The Morgan fingerprint density at radius 1 is 1.11 bits per heavy atom. The Hall–Kier alpha value is -2.74. The van der Waals surface area contributed by atoms with Crippen LogP contribution in [0.5, 0.6) is 11.5 Å². The van der Waals surface area contributed by atoms with Gasteiger partial charge in [0.25, 0.3) is 0 Å². The van der Waals surface area contributed by atoms with Crippen molar-refractivity contribution in [3.05, 3.63) is 53.6 Å². The molecule has 28 heavy (non-hydrogen) atoms. The second kappa shape index (κ2) is 8.97. The van der Waals surface area contributed by atoms with E-state index >= 15 is 0 Å². The molecule has 152 valence electrons. The Morgan fingerprint density at radius 2 is 1.75 bits per heavy atom. The summed E-state index contributed by atoms with van der Waals surface area (Å²) in [4.78, 5) is 14.3. The number of carbonyl (C=O) groups is 1. The molecule has 0 aliphatic rings. The maximum absolute atomic E-state index is 12.6. The minimum atomic E-state index is -4.41. The van der Waals surface area contributed by atoms with Crippen molar-refractivity contribution in [1.29, 1.82) is 0 Å². The number of nitrogens with one attached hydrogen (secondary N) is 1. The van der Waals surface area contributed by atoms with Crippen LogP contribution in [-0.2, 0) is 17.5 Å². The summed E-state index contributed by atoms with van der Waals surface area (Å²) < 4.78 is 48.4. The third kappa shape index (κ3) is 5.39.